The van der Waals surface area contributed by atoms with E-state index in [0.717, 1.165) is 37.6 Å². The summed E-state index contributed by atoms with van der Waals surface area (Å²) in [6.07, 6.45) is 6.04. The highest BCUT2D eigenvalue weighted by Crippen LogP contribution is 2.39. The number of aromatic nitrogens is 3. The second-order valence-electron chi connectivity index (χ2n) is 6.72. The van der Waals surface area contributed by atoms with E-state index in [-0.39, 0.29) is 5.91 Å². The number of carbonyl (C=O) groups is 1. The standard InChI is InChI=1S/C22H18N4O2S/c1-14-10-15(2)12-18(11-14)19-20(16-5-8-26(28)9-6-16)29-22(24-19)25-21(27)17-4-3-7-23-13-17/h3-13H,1-2H3,(H,24,25,27). The molecule has 0 aliphatic heterocycles. The minimum absolute atomic E-state index is 0.268. The largest absolute Gasteiger partial charge is 0.619 e. The van der Waals surface area contributed by atoms with Gasteiger partial charge in [0.2, 0.25) is 0 Å². The molecule has 144 valence electrons. The topological polar surface area (TPSA) is 81.8 Å². The van der Waals surface area contributed by atoms with Crippen LogP contribution in [0.4, 0.5) is 5.13 Å². The molecule has 3 aromatic heterocycles. The van der Waals surface area contributed by atoms with Crippen LogP contribution in [-0.2, 0) is 0 Å². The number of aryl methyl sites for hydroxylation is 2. The summed E-state index contributed by atoms with van der Waals surface area (Å²) in [5.74, 6) is -0.268. The van der Waals surface area contributed by atoms with E-state index in [4.69, 9.17) is 4.98 Å². The van der Waals surface area contributed by atoms with Crippen molar-refractivity contribution in [3.05, 3.63) is 89.1 Å². The van der Waals surface area contributed by atoms with Gasteiger partial charge in [-0.25, -0.2) is 4.98 Å². The molecule has 0 unspecified atom stereocenters. The Labute approximate surface area is 172 Å². The van der Waals surface area contributed by atoms with Gasteiger partial charge in [-0.1, -0.05) is 28.5 Å². The Kier molecular flexibility index (Phi) is 5.05. The van der Waals surface area contributed by atoms with E-state index in [1.54, 1.807) is 30.5 Å². The number of carbonyl (C=O) groups excluding carboxylic acids is 1. The molecule has 1 aromatic carbocycles. The predicted octanol–water partition coefficient (Wildman–Crippen LogP) is 4.37. The lowest BCUT2D eigenvalue weighted by atomic mass is 10.0. The maximum atomic E-state index is 12.5. The number of anilines is 1. The highest BCUT2D eigenvalue weighted by atomic mass is 32.1. The van der Waals surface area contributed by atoms with Gasteiger partial charge in [0.05, 0.1) is 16.1 Å². The lowest BCUT2D eigenvalue weighted by Crippen LogP contribution is -2.23. The normalized spacial score (nSPS) is 10.7. The molecule has 3 heterocycles. The minimum Gasteiger partial charge on any atom is -0.619 e. The molecule has 0 bridgehead atoms. The predicted molar refractivity (Wildman–Crippen MR) is 114 cm³/mol. The average molecular weight is 402 g/mol. The first-order valence-electron chi connectivity index (χ1n) is 9.00. The van der Waals surface area contributed by atoms with Crippen LogP contribution < -0.4 is 10.0 Å². The molecule has 1 N–H and O–H groups in total. The van der Waals surface area contributed by atoms with E-state index < -0.39 is 0 Å². The van der Waals surface area contributed by atoms with Crippen molar-refractivity contribution in [2.75, 3.05) is 5.32 Å². The van der Waals surface area contributed by atoms with Crippen LogP contribution in [-0.4, -0.2) is 15.9 Å². The number of hydrogen-bond acceptors (Lipinski definition) is 5. The molecule has 0 fully saturated rings. The molecule has 4 rings (SSSR count). The Morgan fingerprint density at radius 1 is 1.07 bits per heavy atom. The lowest BCUT2D eigenvalue weighted by Gasteiger charge is -2.05. The van der Waals surface area contributed by atoms with Gasteiger partial charge in [-0.05, 0) is 38.1 Å². The van der Waals surface area contributed by atoms with Gasteiger partial charge < -0.3 is 5.21 Å². The van der Waals surface area contributed by atoms with Crippen LogP contribution in [0.2, 0.25) is 0 Å². The fourth-order valence-electron chi connectivity index (χ4n) is 3.11. The number of pyridine rings is 2. The van der Waals surface area contributed by atoms with Gasteiger partial charge in [0, 0.05) is 35.7 Å². The summed E-state index contributed by atoms with van der Waals surface area (Å²) >= 11 is 1.37. The molecule has 4 aromatic rings. The Hall–Kier alpha value is -3.58. The molecule has 29 heavy (non-hydrogen) atoms. The quantitative estimate of drug-likeness (QED) is 0.406. The van der Waals surface area contributed by atoms with E-state index >= 15 is 0 Å². The Balaban J connectivity index is 1.78. The van der Waals surface area contributed by atoms with Gasteiger partial charge in [-0.3, -0.25) is 15.1 Å². The van der Waals surface area contributed by atoms with Crippen molar-refractivity contribution in [1.29, 1.82) is 0 Å². The van der Waals surface area contributed by atoms with Gasteiger partial charge >= 0.3 is 0 Å². The lowest BCUT2D eigenvalue weighted by molar-refractivity contribution is -0.605. The van der Waals surface area contributed by atoms with E-state index in [9.17, 15) is 10.0 Å². The number of amides is 1. The smallest absolute Gasteiger partial charge is 0.259 e. The zero-order valence-corrected chi connectivity index (χ0v) is 16.7. The fraction of sp³-hybridized carbons (Fsp3) is 0.0909. The fourth-order valence-corrected chi connectivity index (χ4v) is 4.09. The van der Waals surface area contributed by atoms with Gasteiger partial charge in [-0.15, -0.1) is 0 Å². The summed E-state index contributed by atoms with van der Waals surface area (Å²) in [6.45, 7) is 4.08. The molecule has 0 saturated carbocycles. The second kappa shape index (κ2) is 7.81. The van der Waals surface area contributed by atoms with Crippen molar-refractivity contribution < 1.29 is 9.52 Å². The van der Waals surface area contributed by atoms with Crippen LogP contribution >= 0.6 is 11.3 Å². The van der Waals surface area contributed by atoms with Gasteiger partial charge in [0.25, 0.3) is 5.91 Å². The second-order valence-corrected chi connectivity index (χ2v) is 7.71. The van der Waals surface area contributed by atoms with Crippen LogP contribution in [0, 0.1) is 19.1 Å². The van der Waals surface area contributed by atoms with Crippen LogP contribution in [0.5, 0.6) is 0 Å². The molecular weight excluding hydrogens is 384 g/mol. The van der Waals surface area contributed by atoms with Gasteiger partial charge in [0.1, 0.15) is 0 Å². The highest BCUT2D eigenvalue weighted by molar-refractivity contribution is 7.19. The highest BCUT2D eigenvalue weighted by Gasteiger charge is 2.18. The van der Waals surface area contributed by atoms with Crippen molar-refractivity contribution in [2.45, 2.75) is 13.8 Å². The molecule has 0 aliphatic carbocycles. The minimum atomic E-state index is -0.268. The first kappa shape index (κ1) is 18.8. The molecule has 0 saturated heterocycles. The molecule has 1 amide bonds. The van der Waals surface area contributed by atoms with Gasteiger partial charge in [0.15, 0.2) is 17.5 Å². The van der Waals surface area contributed by atoms with Crippen molar-refractivity contribution in [2.24, 2.45) is 0 Å². The summed E-state index contributed by atoms with van der Waals surface area (Å²) in [5.41, 5.74) is 5.33. The summed E-state index contributed by atoms with van der Waals surface area (Å²) in [6, 6.07) is 13.1. The van der Waals surface area contributed by atoms with Crippen LogP contribution in [0.1, 0.15) is 21.5 Å². The summed E-state index contributed by atoms with van der Waals surface area (Å²) in [5, 5.41) is 14.8. The summed E-state index contributed by atoms with van der Waals surface area (Å²) in [4.78, 5) is 22.1. The van der Waals surface area contributed by atoms with Crippen LogP contribution in [0.25, 0.3) is 21.7 Å². The van der Waals surface area contributed by atoms with Crippen molar-refractivity contribution in [1.82, 2.24) is 9.97 Å². The third-order valence-electron chi connectivity index (χ3n) is 4.33. The molecule has 0 radical (unpaired) electrons. The van der Waals surface area contributed by atoms with E-state index in [2.05, 4.69) is 28.5 Å². The zero-order chi connectivity index (χ0) is 20.4. The molecule has 7 heteroatoms. The third kappa shape index (κ3) is 4.14. The number of rotatable bonds is 4. The van der Waals surface area contributed by atoms with E-state index in [1.165, 1.54) is 29.9 Å². The number of thiazole rings is 1. The van der Waals surface area contributed by atoms with Crippen LogP contribution in [0.15, 0.2) is 67.3 Å². The molecular formula is C22H18N4O2S. The van der Waals surface area contributed by atoms with Crippen molar-refractivity contribution >= 4 is 22.4 Å². The maximum Gasteiger partial charge on any atom is 0.259 e. The molecule has 0 aliphatic rings. The van der Waals surface area contributed by atoms with E-state index in [0.29, 0.717) is 10.7 Å². The molecule has 6 nitrogen and oxygen atoms in total. The summed E-state index contributed by atoms with van der Waals surface area (Å²) in [7, 11) is 0. The SMILES string of the molecule is Cc1cc(C)cc(-c2nc(NC(=O)c3cccnc3)sc2-c2cc[n+]([O-])cc2)c1. The molecule has 0 spiro atoms. The van der Waals surface area contributed by atoms with Crippen molar-refractivity contribution in [3.63, 3.8) is 0 Å². The Morgan fingerprint density at radius 3 is 2.45 bits per heavy atom. The van der Waals surface area contributed by atoms with E-state index in [1.807, 2.05) is 13.8 Å². The Morgan fingerprint density at radius 2 is 1.79 bits per heavy atom. The zero-order valence-electron chi connectivity index (χ0n) is 15.9. The van der Waals surface area contributed by atoms with Crippen molar-refractivity contribution in [3.8, 4) is 21.7 Å². The number of benzene rings is 1. The van der Waals surface area contributed by atoms with Gasteiger partial charge in [-0.2, -0.15) is 4.73 Å². The number of nitrogens with one attached hydrogen (secondary N) is 1. The molecule has 0 atom stereocenters. The third-order valence-corrected chi connectivity index (χ3v) is 5.35. The average Bonchev–Trinajstić information content (AvgIpc) is 3.12. The number of hydrogen-bond donors (Lipinski definition) is 1. The first-order valence-corrected chi connectivity index (χ1v) is 9.81. The first-order chi connectivity index (χ1) is 14.0. The maximum absolute atomic E-state index is 12.5. The number of nitrogens with zero attached hydrogens (tertiary/aromatic N) is 3. The summed E-state index contributed by atoms with van der Waals surface area (Å²) < 4.78 is 0.742. The Bertz CT molecular complexity index is 1150. The van der Waals surface area contributed by atoms with Crippen LogP contribution in [0.3, 0.4) is 0 Å². The monoisotopic (exact) mass is 402 g/mol.